The van der Waals surface area contributed by atoms with E-state index in [9.17, 15) is 13.2 Å². The van der Waals surface area contributed by atoms with E-state index in [1.807, 2.05) is 6.92 Å². The fourth-order valence-corrected chi connectivity index (χ4v) is 3.44. The zero-order valence-corrected chi connectivity index (χ0v) is 16.5. The first kappa shape index (κ1) is 20.6. The van der Waals surface area contributed by atoms with Gasteiger partial charge in [0.1, 0.15) is 11.5 Å². The maximum absolute atomic E-state index is 12.3. The van der Waals surface area contributed by atoms with Crippen LogP contribution in [0.15, 0.2) is 48.5 Å². The Morgan fingerprint density at radius 3 is 2.37 bits per heavy atom. The van der Waals surface area contributed by atoms with Crippen molar-refractivity contribution in [3.8, 4) is 11.5 Å². The molecule has 8 heteroatoms. The van der Waals surface area contributed by atoms with Gasteiger partial charge in [0.05, 0.1) is 25.7 Å². The number of carbonyl (C=O) groups excluding carboxylic acids is 1. The molecule has 0 atom stereocenters. The van der Waals surface area contributed by atoms with Gasteiger partial charge in [-0.25, -0.2) is 8.42 Å². The molecule has 0 aliphatic rings. The minimum absolute atomic E-state index is 0.000438. The average molecular weight is 392 g/mol. The van der Waals surface area contributed by atoms with Crippen LogP contribution in [0.25, 0.3) is 0 Å². The summed E-state index contributed by atoms with van der Waals surface area (Å²) >= 11 is 0. The van der Waals surface area contributed by atoms with Crippen LogP contribution in [0.5, 0.6) is 11.5 Å². The fourth-order valence-electron chi connectivity index (χ4n) is 2.51. The third kappa shape index (κ3) is 5.89. The third-order valence-electron chi connectivity index (χ3n) is 3.75. The number of carbonyl (C=O) groups is 1. The molecule has 0 saturated heterocycles. The van der Waals surface area contributed by atoms with Gasteiger partial charge in [-0.3, -0.25) is 9.10 Å². The van der Waals surface area contributed by atoms with E-state index in [0.29, 0.717) is 29.5 Å². The zero-order chi connectivity index (χ0) is 19.9. The van der Waals surface area contributed by atoms with E-state index < -0.39 is 10.0 Å². The van der Waals surface area contributed by atoms with E-state index in [4.69, 9.17) is 9.47 Å². The van der Waals surface area contributed by atoms with Crippen LogP contribution in [0, 0.1) is 0 Å². The van der Waals surface area contributed by atoms with Crippen LogP contribution >= 0.6 is 0 Å². The number of hydrogen-bond donors (Lipinski definition) is 1. The topological polar surface area (TPSA) is 84.9 Å². The minimum atomic E-state index is -3.58. The molecule has 0 aromatic heterocycles. The third-order valence-corrected chi connectivity index (χ3v) is 4.93. The maximum Gasteiger partial charge on any atom is 0.232 e. The van der Waals surface area contributed by atoms with Crippen LogP contribution in [-0.2, 0) is 14.8 Å². The van der Waals surface area contributed by atoms with E-state index in [-0.39, 0.29) is 18.9 Å². The molecule has 0 heterocycles. The Bertz CT molecular complexity index is 866. The number of rotatable bonds is 9. The molecular weight excluding hydrogens is 368 g/mol. The average Bonchev–Trinajstić information content (AvgIpc) is 2.63. The summed E-state index contributed by atoms with van der Waals surface area (Å²) in [5.74, 6) is 0.854. The molecule has 0 aliphatic carbocycles. The van der Waals surface area contributed by atoms with E-state index in [1.165, 1.54) is 4.31 Å². The molecule has 7 nitrogen and oxygen atoms in total. The number of nitrogens with zero attached hydrogens (tertiary/aromatic N) is 1. The Hall–Kier alpha value is -2.74. The van der Waals surface area contributed by atoms with Crippen LogP contribution in [-0.4, -0.2) is 40.8 Å². The molecule has 0 spiro atoms. The van der Waals surface area contributed by atoms with Crippen LogP contribution in [0.4, 0.5) is 11.4 Å². The highest BCUT2D eigenvalue weighted by atomic mass is 32.2. The highest BCUT2D eigenvalue weighted by Crippen LogP contribution is 2.30. The van der Waals surface area contributed by atoms with Crippen molar-refractivity contribution in [3.05, 3.63) is 48.5 Å². The van der Waals surface area contributed by atoms with Crippen molar-refractivity contribution in [3.63, 3.8) is 0 Å². The molecule has 0 fully saturated rings. The largest absolute Gasteiger partial charge is 0.497 e. The molecule has 1 amide bonds. The van der Waals surface area contributed by atoms with E-state index in [1.54, 1.807) is 55.6 Å². The summed E-state index contributed by atoms with van der Waals surface area (Å²) in [6.07, 6.45) is 1.11. The van der Waals surface area contributed by atoms with Crippen LogP contribution in [0.2, 0.25) is 0 Å². The quantitative estimate of drug-likeness (QED) is 0.709. The van der Waals surface area contributed by atoms with Gasteiger partial charge >= 0.3 is 0 Å². The summed E-state index contributed by atoms with van der Waals surface area (Å²) in [4.78, 5) is 12.2. The molecule has 2 aromatic rings. The van der Waals surface area contributed by atoms with Crippen molar-refractivity contribution < 1.29 is 22.7 Å². The molecule has 2 aromatic carbocycles. The molecule has 0 unspecified atom stereocenters. The molecule has 1 N–H and O–H groups in total. The minimum Gasteiger partial charge on any atom is -0.497 e. The van der Waals surface area contributed by atoms with Crippen molar-refractivity contribution in [2.24, 2.45) is 0 Å². The lowest BCUT2D eigenvalue weighted by atomic mass is 10.2. The number of methoxy groups -OCH3 is 1. The van der Waals surface area contributed by atoms with Crippen molar-refractivity contribution in [1.82, 2.24) is 0 Å². The van der Waals surface area contributed by atoms with Crippen molar-refractivity contribution in [2.45, 2.75) is 13.3 Å². The van der Waals surface area contributed by atoms with Gasteiger partial charge in [-0.15, -0.1) is 0 Å². The normalized spacial score (nSPS) is 10.9. The lowest BCUT2D eigenvalue weighted by molar-refractivity contribution is -0.116. The maximum atomic E-state index is 12.3. The first-order chi connectivity index (χ1) is 12.8. The standard InChI is InChI=1S/C19H24N2O5S/c1-4-26-18-8-6-5-7-17(18)21(27(3,23)24)14-13-19(22)20-15-9-11-16(25-2)12-10-15/h5-12H,4,13-14H2,1-3H3,(H,20,22). The molecule has 2 rings (SSSR count). The second kappa shape index (κ2) is 9.27. The lowest BCUT2D eigenvalue weighted by Gasteiger charge is -2.24. The van der Waals surface area contributed by atoms with Gasteiger partial charge in [-0.2, -0.15) is 0 Å². The Labute approximate surface area is 160 Å². The van der Waals surface area contributed by atoms with Gasteiger partial charge in [0.2, 0.25) is 15.9 Å². The Morgan fingerprint density at radius 2 is 1.78 bits per heavy atom. The molecule has 0 radical (unpaired) electrons. The van der Waals surface area contributed by atoms with Crippen molar-refractivity contribution in [1.29, 1.82) is 0 Å². The van der Waals surface area contributed by atoms with Gasteiger partial charge < -0.3 is 14.8 Å². The second-order valence-corrected chi connectivity index (χ2v) is 7.67. The Kier molecular flexibility index (Phi) is 7.06. The van der Waals surface area contributed by atoms with Crippen LogP contribution in [0.1, 0.15) is 13.3 Å². The van der Waals surface area contributed by atoms with Gasteiger partial charge in [-0.1, -0.05) is 12.1 Å². The predicted molar refractivity (Wildman–Crippen MR) is 106 cm³/mol. The number of amides is 1. The fraction of sp³-hybridized carbons (Fsp3) is 0.316. The number of ether oxygens (including phenoxy) is 2. The number of hydrogen-bond acceptors (Lipinski definition) is 5. The molecule has 0 bridgehead atoms. The summed E-state index contributed by atoms with van der Waals surface area (Å²) in [5, 5.41) is 2.74. The van der Waals surface area contributed by atoms with Gasteiger partial charge in [0, 0.05) is 18.7 Å². The summed E-state index contributed by atoms with van der Waals surface area (Å²) in [5.41, 5.74) is 1.03. The number of nitrogens with one attached hydrogen (secondary N) is 1. The first-order valence-electron chi connectivity index (χ1n) is 8.48. The second-order valence-electron chi connectivity index (χ2n) is 5.76. The van der Waals surface area contributed by atoms with Crippen LogP contribution in [0.3, 0.4) is 0 Å². The molecule has 27 heavy (non-hydrogen) atoms. The smallest absolute Gasteiger partial charge is 0.232 e. The van der Waals surface area contributed by atoms with Crippen molar-refractivity contribution in [2.75, 3.05) is 36.1 Å². The van der Waals surface area contributed by atoms with Gasteiger partial charge in [0.25, 0.3) is 0 Å². The highest BCUT2D eigenvalue weighted by molar-refractivity contribution is 7.92. The zero-order valence-electron chi connectivity index (χ0n) is 15.6. The molecule has 0 saturated carbocycles. The number of sulfonamides is 1. The summed E-state index contributed by atoms with van der Waals surface area (Å²) in [6, 6.07) is 13.8. The SMILES string of the molecule is CCOc1ccccc1N(CCC(=O)Nc1ccc(OC)cc1)S(C)(=O)=O. The highest BCUT2D eigenvalue weighted by Gasteiger charge is 2.22. The van der Waals surface area contributed by atoms with Gasteiger partial charge in [0.15, 0.2) is 0 Å². The van der Waals surface area contributed by atoms with Crippen molar-refractivity contribution >= 4 is 27.3 Å². The van der Waals surface area contributed by atoms with E-state index in [0.717, 1.165) is 6.26 Å². The first-order valence-corrected chi connectivity index (χ1v) is 10.3. The molecular formula is C19H24N2O5S. The van der Waals surface area contributed by atoms with E-state index in [2.05, 4.69) is 5.32 Å². The summed E-state index contributed by atoms with van der Waals surface area (Å²) in [7, 11) is -2.02. The Balaban J connectivity index is 2.10. The van der Waals surface area contributed by atoms with E-state index >= 15 is 0 Å². The van der Waals surface area contributed by atoms with Gasteiger partial charge in [-0.05, 0) is 43.3 Å². The Morgan fingerprint density at radius 1 is 1.11 bits per heavy atom. The number of anilines is 2. The monoisotopic (exact) mass is 392 g/mol. The number of benzene rings is 2. The summed E-state index contributed by atoms with van der Waals surface area (Å²) < 4.78 is 36.3. The lowest BCUT2D eigenvalue weighted by Crippen LogP contribution is -2.33. The molecule has 0 aliphatic heterocycles. The number of para-hydroxylation sites is 2. The van der Waals surface area contributed by atoms with Crippen LogP contribution < -0.4 is 19.1 Å². The molecule has 146 valence electrons. The predicted octanol–water partition coefficient (Wildman–Crippen LogP) is 2.89. The summed E-state index contributed by atoms with van der Waals surface area (Å²) in [6.45, 7) is 2.24.